The Morgan fingerprint density at radius 2 is 1.88 bits per heavy atom. The van der Waals surface area contributed by atoms with Crippen molar-refractivity contribution in [3.63, 3.8) is 0 Å². The van der Waals surface area contributed by atoms with E-state index in [4.69, 9.17) is 29.6 Å². The molecule has 7 heteroatoms. The highest BCUT2D eigenvalue weighted by Crippen LogP contribution is 2.26. The number of fused-ring (bicyclic) bond motifs is 1. The summed E-state index contributed by atoms with van der Waals surface area (Å²) in [6, 6.07) is 11.8. The van der Waals surface area contributed by atoms with Crippen LogP contribution >= 0.6 is 23.8 Å². The Labute approximate surface area is 150 Å². The number of unbranched alkanes of at least 4 members (excludes halogenated alkanes) is 1. The molecule has 0 radical (unpaired) electrons. The molecule has 0 unspecified atom stereocenters. The van der Waals surface area contributed by atoms with Gasteiger partial charge in [-0.15, -0.1) is 10.2 Å². The van der Waals surface area contributed by atoms with E-state index in [9.17, 15) is 0 Å². The third-order valence-corrected chi connectivity index (χ3v) is 4.13. The number of nitrogens with zero attached hydrogens (tertiary/aromatic N) is 3. The molecule has 0 bridgehead atoms. The molecule has 5 nitrogen and oxygen atoms in total. The highest BCUT2D eigenvalue weighted by Gasteiger charge is 2.10. The quantitative estimate of drug-likeness (QED) is 0.672. The van der Waals surface area contributed by atoms with Gasteiger partial charge >= 0.3 is 0 Å². The van der Waals surface area contributed by atoms with Crippen molar-refractivity contribution < 1.29 is 0 Å². The lowest BCUT2D eigenvalue weighted by molar-refractivity contribution is 0.762. The number of aromatic nitrogens is 3. The summed E-state index contributed by atoms with van der Waals surface area (Å²) in [4.78, 5) is 1.61. The van der Waals surface area contributed by atoms with Gasteiger partial charge in [0, 0.05) is 0 Å². The second-order valence-corrected chi connectivity index (χ2v) is 6.42. The van der Waals surface area contributed by atoms with Gasteiger partial charge in [0.25, 0.3) is 0 Å². The Kier molecular flexibility index (Phi) is 4.97. The number of anilines is 1. The third-order valence-electron chi connectivity index (χ3n) is 3.71. The van der Waals surface area contributed by atoms with E-state index in [0.717, 1.165) is 12.1 Å². The van der Waals surface area contributed by atoms with Crippen LogP contribution in [0.3, 0.4) is 0 Å². The van der Waals surface area contributed by atoms with Gasteiger partial charge in [0.15, 0.2) is 5.11 Å². The van der Waals surface area contributed by atoms with Crippen molar-refractivity contribution in [3.8, 4) is 5.69 Å². The van der Waals surface area contributed by atoms with Gasteiger partial charge in [-0.05, 0) is 54.9 Å². The summed E-state index contributed by atoms with van der Waals surface area (Å²) >= 11 is 11.1. The van der Waals surface area contributed by atoms with Crippen molar-refractivity contribution >= 4 is 45.7 Å². The maximum Gasteiger partial charge on any atom is 0.168 e. The van der Waals surface area contributed by atoms with E-state index in [0.29, 0.717) is 21.7 Å². The third kappa shape index (κ3) is 3.66. The minimum absolute atomic E-state index is 0.159. The molecule has 0 atom stereocenters. The number of hydrogen-bond donors (Lipinski definition) is 2. The molecular weight excluding hydrogens is 342 g/mol. The van der Waals surface area contributed by atoms with Crippen molar-refractivity contribution in [2.45, 2.75) is 26.2 Å². The van der Waals surface area contributed by atoms with E-state index >= 15 is 0 Å². The monoisotopic (exact) mass is 359 g/mol. The van der Waals surface area contributed by atoms with E-state index in [1.165, 1.54) is 18.4 Å². The standard InChI is InChI=1S/C17H18ClN5S/c1-2-3-4-11-5-7-12(8-6-11)23-21-15-9-13(18)14(20-17(19)24)10-16(15)22-23/h5-10H,2-4H2,1H3,(H3,19,20,24). The molecule has 3 rings (SSSR count). The topological polar surface area (TPSA) is 68.8 Å². The van der Waals surface area contributed by atoms with E-state index in [1.807, 2.05) is 12.1 Å². The van der Waals surface area contributed by atoms with Crippen molar-refractivity contribution in [2.75, 3.05) is 5.32 Å². The molecular formula is C17H18ClN5S. The minimum atomic E-state index is 0.159. The molecule has 1 aromatic heterocycles. The van der Waals surface area contributed by atoms with Gasteiger partial charge in [0.1, 0.15) is 11.0 Å². The van der Waals surface area contributed by atoms with Gasteiger partial charge in [-0.3, -0.25) is 0 Å². The summed E-state index contributed by atoms with van der Waals surface area (Å²) in [6.07, 6.45) is 3.48. The zero-order valence-electron chi connectivity index (χ0n) is 13.3. The predicted octanol–water partition coefficient (Wildman–Crippen LogP) is 4.07. The van der Waals surface area contributed by atoms with Crippen molar-refractivity contribution in [3.05, 3.63) is 47.0 Å². The molecule has 124 valence electrons. The Bertz CT molecular complexity index is 873. The Hall–Kier alpha value is -2.18. The number of thiocarbonyl (C=S) groups is 1. The summed E-state index contributed by atoms with van der Waals surface area (Å²) in [6.45, 7) is 2.19. The first-order valence-electron chi connectivity index (χ1n) is 7.79. The van der Waals surface area contributed by atoms with Crippen LogP contribution in [0.2, 0.25) is 5.02 Å². The second kappa shape index (κ2) is 7.15. The first kappa shape index (κ1) is 16.7. The first-order chi connectivity index (χ1) is 11.6. The van der Waals surface area contributed by atoms with E-state index < -0.39 is 0 Å². The molecule has 0 aliphatic rings. The fourth-order valence-corrected chi connectivity index (χ4v) is 2.77. The van der Waals surface area contributed by atoms with E-state index in [-0.39, 0.29) is 5.11 Å². The molecule has 0 saturated heterocycles. The van der Waals surface area contributed by atoms with E-state index in [1.54, 1.807) is 16.9 Å². The molecule has 0 aliphatic heterocycles. The summed E-state index contributed by atoms with van der Waals surface area (Å²) in [5, 5.41) is 12.5. The SMILES string of the molecule is CCCCc1ccc(-n2nc3cc(Cl)c(NC(N)=S)cc3n2)cc1. The van der Waals surface area contributed by atoms with Gasteiger partial charge < -0.3 is 11.1 Å². The largest absolute Gasteiger partial charge is 0.376 e. The van der Waals surface area contributed by atoms with Crippen molar-refractivity contribution in [1.82, 2.24) is 15.0 Å². The lowest BCUT2D eigenvalue weighted by Crippen LogP contribution is -2.19. The zero-order chi connectivity index (χ0) is 17.1. The molecule has 0 aliphatic carbocycles. The Balaban J connectivity index is 1.91. The number of halogens is 1. The highest BCUT2D eigenvalue weighted by atomic mass is 35.5. The van der Waals surface area contributed by atoms with Crippen LogP contribution in [-0.4, -0.2) is 20.1 Å². The molecule has 3 N–H and O–H groups in total. The van der Waals surface area contributed by atoms with Crippen LogP contribution in [0.1, 0.15) is 25.3 Å². The maximum absolute atomic E-state index is 6.22. The van der Waals surface area contributed by atoms with Gasteiger partial charge in [0.2, 0.25) is 0 Å². The number of nitrogens with two attached hydrogens (primary N) is 1. The van der Waals surface area contributed by atoms with Gasteiger partial charge in [-0.25, -0.2) is 0 Å². The second-order valence-electron chi connectivity index (χ2n) is 5.57. The first-order valence-corrected chi connectivity index (χ1v) is 8.58. The number of aryl methyl sites for hydroxylation is 1. The van der Waals surface area contributed by atoms with Crippen LogP contribution in [0.25, 0.3) is 16.7 Å². The van der Waals surface area contributed by atoms with Crippen LogP contribution in [-0.2, 0) is 6.42 Å². The average molecular weight is 360 g/mol. The molecule has 0 fully saturated rings. The van der Waals surface area contributed by atoms with Crippen LogP contribution in [0, 0.1) is 0 Å². The van der Waals surface area contributed by atoms with Crippen molar-refractivity contribution in [2.24, 2.45) is 5.73 Å². The molecule has 24 heavy (non-hydrogen) atoms. The average Bonchev–Trinajstić information content (AvgIpc) is 2.96. The smallest absolute Gasteiger partial charge is 0.168 e. The zero-order valence-corrected chi connectivity index (χ0v) is 14.9. The molecule has 3 aromatic rings. The summed E-state index contributed by atoms with van der Waals surface area (Å²) < 4.78 is 0. The van der Waals surface area contributed by atoms with E-state index in [2.05, 4.69) is 34.6 Å². The number of hydrogen-bond acceptors (Lipinski definition) is 3. The van der Waals surface area contributed by atoms with Gasteiger partial charge in [-0.2, -0.15) is 4.80 Å². The fraction of sp³-hybridized carbons (Fsp3) is 0.235. The highest BCUT2D eigenvalue weighted by molar-refractivity contribution is 7.80. The Morgan fingerprint density at radius 3 is 2.50 bits per heavy atom. The molecule has 0 saturated carbocycles. The Morgan fingerprint density at radius 1 is 1.21 bits per heavy atom. The van der Waals surface area contributed by atoms with Crippen LogP contribution in [0.15, 0.2) is 36.4 Å². The molecule has 0 amide bonds. The number of benzene rings is 2. The van der Waals surface area contributed by atoms with Crippen LogP contribution in [0.4, 0.5) is 5.69 Å². The predicted molar refractivity (Wildman–Crippen MR) is 103 cm³/mol. The molecule has 2 aromatic carbocycles. The number of rotatable bonds is 5. The van der Waals surface area contributed by atoms with Gasteiger partial charge in [-0.1, -0.05) is 37.1 Å². The lowest BCUT2D eigenvalue weighted by Gasteiger charge is -2.04. The summed E-state index contributed by atoms with van der Waals surface area (Å²) in [5.41, 5.74) is 9.79. The maximum atomic E-state index is 6.22. The van der Waals surface area contributed by atoms with Gasteiger partial charge in [0.05, 0.1) is 16.4 Å². The number of nitrogens with one attached hydrogen (secondary N) is 1. The van der Waals surface area contributed by atoms with Crippen molar-refractivity contribution in [1.29, 1.82) is 0 Å². The summed E-state index contributed by atoms with van der Waals surface area (Å²) in [5.74, 6) is 0. The summed E-state index contributed by atoms with van der Waals surface area (Å²) in [7, 11) is 0. The lowest BCUT2D eigenvalue weighted by atomic mass is 10.1. The van der Waals surface area contributed by atoms with Crippen LogP contribution < -0.4 is 11.1 Å². The normalized spacial score (nSPS) is 10.9. The molecule has 1 heterocycles. The van der Waals surface area contributed by atoms with Crippen LogP contribution in [0.5, 0.6) is 0 Å². The minimum Gasteiger partial charge on any atom is -0.376 e. The molecule has 0 spiro atoms. The fourth-order valence-electron chi connectivity index (χ4n) is 2.46.